The van der Waals surface area contributed by atoms with Gasteiger partial charge in [-0.25, -0.2) is 9.59 Å². The molecule has 0 bridgehead atoms. The zero-order valence-corrected chi connectivity index (χ0v) is 20.3. The molecule has 8 nitrogen and oxygen atoms in total. The number of benzene rings is 2. The van der Waals surface area contributed by atoms with Crippen LogP contribution < -0.4 is 10.6 Å². The maximum Gasteiger partial charge on any atom is 0.407 e. The number of carbonyl (C=O) groups is 3. The highest BCUT2D eigenvalue weighted by Crippen LogP contribution is 2.45. The number of amides is 2. The maximum absolute atomic E-state index is 12.6. The van der Waals surface area contributed by atoms with Crippen LogP contribution in [-0.4, -0.2) is 67.8 Å². The monoisotopic (exact) mass is 479 g/mol. The third-order valence-electron chi connectivity index (χ3n) is 7.08. The number of likely N-dealkylation sites (N-methyl/N-ethyl adjacent to an activating group) is 1. The lowest BCUT2D eigenvalue weighted by atomic mass is 9.66. The lowest BCUT2D eigenvalue weighted by molar-refractivity contribution is -0.142. The van der Waals surface area contributed by atoms with Crippen molar-refractivity contribution in [3.05, 3.63) is 59.7 Å². The van der Waals surface area contributed by atoms with E-state index in [1.807, 2.05) is 24.3 Å². The van der Waals surface area contributed by atoms with Gasteiger partial charge in [0.15, 0.2) is 0 Å². The first kappa shape index (κ1) is 24.7. The summed E-state index contributed by atoms with van der Waals surface area (Å²) in [6.45, 7) is 0.771. The summed E-state index contributed by atoms with van der Waals surface area (Å²) in [5, 5.41) is 14.8. The number of rotatable bonds is 10. The SMILES string of the molecule is CN(C)CC(NC(=O)CC1(CNC(=O)OCC2c3ccccc3-c3ccccc32)CCC1)C(=O)O. The van der Waals surface area contributed by atoms with E-state index in [-0.39, 0.29) is 36.8 Å². The Morgan fingerprint density at radius 3 is 2.17 bits per heavy atom. The van der Waals surface area contributed by atoms with Crippen LogP contribution in [0.5, 0.6) is 0 Å². The second-order valence-electron chi connectivity index (χ2n) is 9.93. The topological polar surface area (TPSA) is 108 Å². The molecule has 1 unspecified atom stereocenters. The highest BCUT2D eigenvalue weighted by Gasteiger charge is 2.40. The van der Waals surface area contributed by atoms with Gasteiger partial charge in [0.05, 0.1) is 0 Å². The van der Waals surface area contributed by atoms with Gasteiger partial charge in [0.25, 0.3) is 0 Å². The molecule has 2 aromatic rings. The first-order valence-corrected chi connectivity index (χ1v) is 12.0. The standard InChI is InChI=1S/C27H33N3O5/c1-30(2)15-23(25(32)33)29-24(31)14-27(12-7-13-27)17-28-26(34)35-16-22-20-10-5-3-8-18(20)19-9-4-6-11-21(19)22/h3-6,8-11,22-23H,7,12-17H2,1-2H3,(H,28,34)(H,29,31)(H,32,33). The third-order valence-corrected chi connectivity index (χ3v) is 7.08. The number of carboxylic acid groups (broad SMARTS) is 1. The van der Waals surface area contributed by atoms with Crippen LogP contribution in [0.4, 0.5) is 4.79 Å². The van der Waals surface area contributed by atoms with E-state index in [0.29, 0.717) is 6.54 Å². The van der Waals surface area contributed by atoms with Crippen molar-refractivity contribution in [2.75, 3.05) is 33.8 Å². The summed E-state index contributed by atoms with van der Waals surface area (Å²) in [6.07, 6.45) is 2.24. The van der Waals surface area contributed by atoms with Crippen LogP contribution >= 0.6 is 0 Å². The second kappa shape index (κ2) is 10.5. The van der Waals surface area contributed by atoms with Crippen molar-refractivity contribution < 1.29 is 24.2 Å². The van der Waals surface area contributed by atoms with E-state index in [1.54, 1.807) is 19.0 Å². The van der Waals surface area contributed by atoms with Gasteiger partial charge in [-0.05, 0) is 54.6 Å². The predicted octanol–water partition coefficient (Wildman–Crippen LogP) is 3.22. The fourth-order valence-electron chi connectivity index (χ4n) is 5.14. The van der Waals surface area contributed by atoms with Crippen molar-refractivity contribution in [3.63, 3.8) is 0 Å². The van der Waals surface area contributed by atoms with Crippen molar-refractivity contribution in [1.29, 1.82) is 0 Å². The number of carboxylic acids is 1. The summed E-state index contributed by atoms with van der Waals surface area (Å²) in [5.74, 6) is -1.39. The Morgan fingerprint density at radius 1 is 1.06 bits per heavy atom. The van der Waals surface area contributed by atoms with E-state index in [2.05, 4.69) is 34.9 Å². The maximum atomic E-state index is 12.6. The number of nitrogens with one attached hydrogen (secondary N) is 2. The molecule has 0 radical (unpaired) electrons. The van der Waals surface area contributed by atoms with Gasteiger partial charge in [0.1, 0.15) is 12.6 Å². The Labute approximate surface area is 205 Å². The number of ether oxygens (including phenoxy) is 1. The first-order valence-electron chi connectivity index (χ1n) is 12.0. The minimum absolute atomic E-state index is 0.0127. The van der Waals surface area contributed by atoms with Gasteiger partial charge < -0.3 is 25.4 Å². The fraction of sp³-hybridized carbons (Fsp3) is 0.444. The number of carbonyl (C=O) groups excluding carboxylic acids is 2. The molecule has 0 saturated heterocycles. The normalized spacial score (nSPS) is 16.5. The number of alkyl carbamates (subject to hydrolysis) is 1. The number of hydrogen-bond donors (Lipinski definition) is 3. The molecular weight excluding hydrogens is 446 g/mol. The smallest absolute Gasteiger partial charge is 0.407 e. The molecule has 0 aromatic heterocycles. The lowest BCUT2D eigenvalue weighted by Gasteiger charge is -2.41. The summed E-state index contributed by atoms with van der Waals surface area (Å²) in [5.41, 5.74) is 4.28. The van der Waals surface area contributed by atoms with Crippen molar-refractivity contribution in [2.24, 2.45) is 5.41 Å². The lowest BCUT2D eigenvalue weighted by Crippen LogP contribution is -2.50. The van der Waals surface area contributed by atoms with Gasteiger partial charge in [-0.1, -0.05) is 55.0 Å². The van der Waals surface area contributed by atoms with Crippen LogP contribution in [-0.2, 0) is 14.3 Å². The van der Waals surface area contributed by atoms with Gasteiger partial charge in [-0.2, -0.15) is 0 Å². The largest absolute Gasteiger partial charge is 0.480 e. The number of fused-ring (bicyclic) bond motifs is 3. The molecular formula is C27H33N3O5. The van der Waals surface area contributed by atoms with Crippen LogP contribution in [0.1, 0.15) is 42.7 Å². The second-order valence-corrected chi connectivity index (χ2v) is 9.93. The van der Waals surface area contributed by atoms with Crippen LogP contribution in [0.25, 0.3) is 11.1 Å². The number of nitrogens with zero attached hydrogens (tertiary/aromatic N) is 1. The van der Waals surface area contributed by atoms with E-state index < -0.39 is 18.1 Å². The molecule has 2 aliphatic rings. The molecule has 2 amide bonds. The van der Waals surface area contributed by atoms with Crippen molar-refractivity contribution in [1.82, 2.24) is 15.5 Å². The first-order chi connectivity index (χ1) is 16.8. The fourth-order valence-corrected chi connectivity index (χ4v) is 5.14. The van der Waals surface area contributed by atoms with Gasteiger partial charge in [-0.3, -0.25) is 4.79 Å². The molecule has 3 N–H and O–H groups in total. The molecule has 35 heavy (non-hydrogen) atoms. The molecule has 1 fully saturated rings. The average molecular weight is 480 g/mol. The Balaban J connectivity index is 1.30. The molecule has 8 heteroatoms. The summed E-state index contributed by atoms with van der Waals surface area (Å²) >= 11 is 0. The van der Waals surface area contributed by atoms with Gasteiger partial charge in [0.2, 0.25) is 5.91 Å². The Hall–Kier alpha value is -3.39. The number of aliphatic carboxylic acids is 1. The van der Waals surface area contributed by atoms with Crippen molar-refractivity contribution in [2.45, 2.75) is 37.6 Å². The molecule has 2 aliphatic carbocycles. The Kier molecular flexibility index (Phi) is 7.40. The molecule has 0 spiro atoms. The predicted molar refractivity (Wildman–Crippen MR) is 132 cm³/mol. The molecule has 4 rings (SSSR count). The van der Waals surface area contributed by atoms with E-state index in [9.17, 15) is 19.5 Å². The Bertz CT molecular complexity index is 1050. The summed E-state index contributed by atoms with van der Waals surface area (Å²) in [4.78, 5) is 38.3. The van der Waals surface area contributed by atoms with Crippen LogP contribution in [0.15, 0.2) is 48.5 Å². The minimum Gasteiger partial charge on any atom is -0.480 e. The average Bonchev–Trinajstić information content (AvgIpc) is 3.12. The number of hydrogen-bond acceptors (Lipinski definition) is 5. The third kappa shape index (κ3) is 5.65. The van der Waals surface area contributed by atoms with Crippen LogP contribution in [0.2, 0.25) is 0 Å². The summed E-state index contributed by atoms with van der Waals surface area (Å²) < 4.78 is 5.61. The zero-order chi connectivity index (χ0) is 25.0. The summed E-state index contributed by atoms with van der Waals surface area (Å²) in [6, 6.07) is 15.4. The molecule has 2 aromatic carbocycles. The highest BCUT2D eigenvalue weighted by atomic mass is 16.5. The van der Waals surface area contributed by atoms with Crippen molar-refractivity contribution >= 4 is 18.0 Å². The molecule has 1 atom stereocenters. The van der Waals surface area contributed by atoms with E-state index in [1.165, 1.54) is 11.1 Å². The quantitative estimate of drug-likeness (QED) is 0.483. The van der Waals surface area contributed by atoms with Gasteiger partial charge >= 0.3 is 12.1 Å². The van der Waals surface area contributed by atoms with E-state index in [0.717, 1.165) is 30.4 Å². The van der Waals surface area contributed by atoms with Gasteiger partial charge in [0, 0.05) is 25.4 Å². The van der Waals surface area contributed by atoms with E-state index in [4.69, 9.17) is 4.74 Å². The minimum atomic E-state index is -1.06. The zero-order valence-electron chi connectivity index (χ0n) is 20.3. The van der Waals surface area contributed by atoms with Crippen LogP contribution in [0.3, 0.4) is 0 Å². The van der Waals surface area contributed by atoms with Crippen LogP contribution in [0, 0.1) is 5.41 Å². The van der Waals surface area contributed by atoms with E-state index >= 15 is 0 Å². The van der Waals surface area contributed by atoms with Gasteiger partial charge in [-0.15, -0.1) is 0 Å². The Morgan fingerprint density at radius 2 is 1.66 bits per heavy atom. The summed E-state index contributed by atoms with van der Waals surface area (Å²) in [7, 11) is 3.52. The van der Waals surface area contributed by atoms with Crippen molar-refractivity contribution in [3.8, 4) is 11.1 Å². The highest BCUT2D eigenvalue weighted by molar-refractivity contribution is 5.84. The molecule has 0 aliphatic heterocycles. The molecule has 0 heterocycles. The molecule has 1 saturated carbocycles. The molecule has 186 valence electrons.